The molecule has 2 N–H and O–H groups in total. The number of nitro groups is 1. The van der Waals surface area contributed by atoms with Gasteiger partial charge < -0.3 is 14.9 Å². The molecule has 0 aliphatic carbocycles. The van der Waals surface area contributed by atoms with Gasteiger partial charge in [0.15, 0.2) is 11.5 Å². The molecular weight excluding hydrogens is 266 g/mol. The lowest BCUT2D eigenvalue weighted by Gasteiger charge is -2.07. The number of phenols is 1. The van der Waals surface area contributed by atoms with E-state index in [1.807, 2.05) is 0 Å². The highest BCUT2D eigenvalue weighted by molar-refractivity contribution is 5.66. The highest BCUT2D eigenvalue weighted by atomic mass is 16.6. The first kappa shape index (κ1) is 15.7. The van der Waals surface area contributed by atoms with Gasteiger partial charge in [-0.05, 0) is 25.3 Å². The Bertz CT molecular complexity index is 500. The van der Waals surface area contributed by atoms with Crippen LogP contribution in [0.3, 0.4) is 0 Å². The minimum absolute atomic E-state index is 0.0614. The van der Waals surface area contributed by atoms with Crippen molar-refractivity contribution in [2.75, 3.05) is 7.11 Å². The molecule has 7 heteroatoms. The summed E-state index contributed by atoms with van der Waals surface area (Å²) in [7, 11) is 1.32. The molecule has 20 heavy (non-hydrogen) atoms. The summed E-state index contributed by atoms with van der Waals surface area (Å²) in [6.45, 7) is 0. The Labute approximate surface area is 116 Å². The zero-order chi connectivity index (χ0) is 15.1. The van der Waals surface area contributed by atoms with Gasteiger partial charge in [-0.15, -0.1) is 0 Å². The van der Waals surface area contributed by atoms with Gasteiger partial charge in [-0.1, -0.05) is 6.42 Å². The standard InChI is InChI=1S/C13H17NO6/c1-20-12-8-10(14(18)19)9(7-11(12)15)5-3-2-4-6-13(16)17/h7-8,15H,2-6H2,1H3,(H,16,17). The number of hydrogen-bond donors (Lipinski definition) is 2. The first-order valence-corrected chi connectivity index (χ1v) is 6.21. The van der Waals surface area contributed by atoms with Gasteiger partial charge in [0.05, 0.1) is 18.1 Å². The topological polar surface area (TPSA) is 110 Å². The van der Waals surface area contributed by atoms with E-state index < -0.39 is 10.9 Å². The van der Waals surface area contributed by atoms with Crippen molar-refractivity contribution in [3.63, 3.8) is 0 Å². The number of hydrogen-bond acceptors (Lipinski definition) is 5. The Balaban J connectivity index is 2.71. The molecule has 110 valence electrons. The molecular formula is C13H17NO6. The molecule has 0 atom stereocenters. The van der Waals surface area contributed by atoms with Crippen LogP contribution in [-0.2, 0) is 11.2 Å². The molecule has 0 unspecified atom stereocenters. The number of benzene rings is 1. The van der Waals surface area contributed by atoms with Crippen molar-refractivity contribution in [1.82, 2.24) is 0 Å². The van der Waals surface area contributed by atoms with Gasteiger partial charge in [0.25, 0.3) is 5.69 Å². The third kappa shape index (κ3) is 4.42. The highest BCUT2D eigenvalue weighted by Gasteiger charge is 2.18. The molecule has 7 nitrogen and oxygen atoms in total. The third-order valence-electron chi connectivity index (χ3n) is 2.91. The fraction of sp³-hybridized carbons (Fsp3) is 0.462. The van der Waals surface area contributed by atoms with Crippen LogP contribution in [0.1, 0.15) is 31.2 Å². The van der Waals surface area contributed by atoms with E-state index in [9.17, 15) is 20.0 Å². The van der Waals surface area contributed by atoms with Crippen molar-refractivity contribution < 1.29 is 24.7 Å². The number of rotatable bonds is 8. The predicted molar refractivity (Wildman–Crippen MR) is 71.1 cm³/mol. The van der Waals surface area contributed by atoms with Crippen LogP contribution in [0.25, 0.3) is 0 Å². The molecule has 0 aliphatic rings. The largest absolute Gasteiger partial charge is 0.504 e. The van der Waals surface area contributed by atoms with E-state index in [4.69, 9.17) is 9.84 Å². The Kier molecular flexibility index (Phi) is 5.76. The zero-order valence-corrected chi connectivity index (χ0v) is 11.2. The van der Waals surface area contributed by atoms with E-state index in [2.05, 4.69) is 0 Å². The monoisotopic (exact) mass is 283 g/mol. The molecule has 1 rings (SSSR count). The lowest BCUT2D eigenvalue weighted by atomic mass is 10.0. The summed E-state index contributed by atoms with van der Waals surface area (Å²) in [5.41, 5.74) is 0.321. The van der Waals surface area contributed by atoms with Gasteiger partial charge in [-0.3, -0.25) is 14.9 Å². The molecule has 0 aromatic heterocycles. The Morgan fingerprint density at radius 1 is 1.35 bits per heavy atom. The number of ether oxygens (including phenoxy) is 1. The molecule has 0 aliphatic heterocycles. The fourth-order valence-corrected chi connectivity index (χ4v) is 1.90. The van der Waals surface area contributed by atoms with Crippen LogP contribution in [0.2, 0.25) is 0 Å². The molecule has 0 spiro atoms. The average Bonchev–Trinajstić information content (AvgIpc) is 2.37. The quantitative estimate of drug-likeness (QED) is 0.431. The van der Waals surface area contributed by atoms with Gasteiger partial charge in [0.1, 0.15) is 0 Å². The molecule has 1 aromatic carbocycles. The van der Waals surface area contributed by atoms with Gasteiger partial charge in [-0.25, -0.2) is 0 Å². The second-order valence-corrected chi connectivity index (χ2v) is 4.36. The van der Waals surface area contributed by atoms with Crippen LogP contribution >= 0.6 is 0 Å². The molecule has 0 bridgehead atoms. The summed E-state index contributed by atoms with van der Waals surface area (Å²) in [6, 6.07) is 2.52. The van der Waals surface area contributed by atoms with Crippen LogP contribution in [0, 0.1) is 10.1 Å². The number of aliphatic carboxylic acids is 1. The van der Waals surface area contributed by atoms with Gasteiger partial charge in [0, 0.05) is 12.0 Å². The first-order chi connectivity index (χ1) is 9.45. The van der Waals surface area contributed by atoms with E-state index in [-0.39, 0.29) is 23.6 Å². The molecule has 0 amide bonds. The summed E-state index contributed by atoms with van der Waals surface area (Å²) in [5.74, 6) is -0.928. The van der Waals surface area contributed by atoms with Crippen molar-refractivity contribution in [2.24, 2.45) is 0 Å². The number of nitrogens with zero attached hydrogens (tertiary/aromatic N) is 1. The third-order valence-corrected chi connectivity index (χ3v) is 2.91. The Hall–Kier alpha value is -2.31. The van der Waals surface area contributed by atoms with Crippen molar-refractivity contribution in [3.05, 3.63) is 27.8 Å². The lowest BCUT2D eigenvalue weighted by molar-refractivity contribution is -0.385. The lowest BCUT2D eigenvalue weighted by Crippen LogP contribution is -1.98. The summed E-state index contributed by atoms with van der Waals surface area (Å²) in [6.07, 6.45) is 2.32. The second-order valence-electron chi connectivity index (χ2n) is 4.36. The van der Waals surface area contributed by atoms with Gasteiger partial charge >= 0.3 is 5.97 Å². The molecule has 0 heterocycles. The highest BCUT2D eigenvalue weighted by Crippen LogP contribution is 2.34. The van der Waals surface area contributed by atoms with E-state index >= 15 is 0 Å². The maximum absolute atomic E-state index is 11.0. The first-order valence-electron chi connectivity index (χ1n) is 6.21. The molecule has 1 aromatic rings. The number of unbranched alkanes of at least 4 members (excludes halogenated alkanes) is 2. The number of aryl methyl sites for hydroxylation is 1. The van der Waals surface area contributed by atoms with E-state index in [0.717, 1.165) is 0 Å². The summed E-state index contributed by atoms with van der Waals surface area (Å²) in [5, 5.41) is 29.1. The number of carboxylic acid groups (broad SMARTS) is 1. The SMILES string of the molecule is COc1cc([N+](=O)[O-])c(CCCCCC(=O)O)cc1O. The number of aromatic hydroxyl groups is 1. The summed E-state index contributed by atoms with van der Waals surface area (Å²) in [4.78, 5) is 20.8. The van der Waals surface area contributed by atoms with Crippen molar-refractivity contribution in [1.29, 1.82) is 0 Å². The van der Waals surface area contributed by atoms with Crippen LogP contribution < -0.4 is 4.74 Å². The van der Waals surface area contributed by atoms with Crippen molar-refractivity contribution in [2.45, 2.75) is 32.1 Å². The number of phenolic OH excluding ortho intramolecular Hbond substituents is 1. The smallest absolute Gasteiger partial charge is 0.303 e. The maximum atomic E-state index is 11.0. The van der Waals surface area contributed by atoms with Crippen LogP contribution in [0.15, 0.2) is 12.1 Å². The zero-order valence-electron chi connectivity index (χ0n) is 11.2. The average molecular weight is 283 g/mol. The predicted octanol–water partition coefficient (Wildman–Crippen LogP) is 2.50. The Morgan fingerprint density at radius 2 is 2.05 bits per heavy atom. The summed E-state index contributed by atoms with van der Waals surface area (Å²) >= 11 is 0. The molecule has 0 saturated carbocycles. The van der Waals surface area contributed by atoms with Crippen molar-refractivity contribution >= 4 is 11.7 Å². The molecule has 0 radical (unpaired) electrons. The normalized spacial score (nSPS) is 10.2. The number of nitro benzene ring substituents is 1. The molecule has 0 saturated heterocycles. The number of carboxylic acids is 1. The minimum Gasteiger partial charge on any atom is -0.504 e. The van der Waals surface area contributed by atoms with Crippen molar-refractivity contribution in [3.8, 4) is 11.5 Å². The van der Waals surface area contributed by atoms with E-state index in [0.29, 0.717) is 31.2 Å². The summed E-state index contributed by atoms with van der Waals surface area (Å²) < 4.78 is 4.84. The van der Waals surface area contributed by atoms with E-state index in [1.54, 1.807) is 0 Å². The van der Waals surface area contributed by atoms with Gasteiger partial charge in [0.2, 0.25) is 0 Å². The minimum atomic E-state index is -0.849. The van der Waals surface area contributed by atoms with Crippen LogP contribution in [0.4, 0.5) is 5.69 Å². The van der Waals surface area contributed by atoms with E-state index in [1.165, 1.54) is 19.2 Å². The number of carbonyl (C=O) groups is 1. The van der Waals surface area contributed by atoms with Crippen LogP contribution in [0.5, 0.6) is 11.5 Å². The second kappa shape index (κ2) is 7.32. The Morgan fingerprint density at radius 3 is 2.60 bits per heavy atom. The van der Waals surface area contributed by atoms with Crippen LogP contribution in [-0.4, -0.2) is 28.2 Å². The van der Waals surface area contributed by atoms with Gasteiger partial charge in [-0.2, -0.15) is 0 Å². The number of methoxy groups -OCH3 is 1. The maximum Gasteiger partial charge on any atom is 0.303 e. The molecule has 0 fully saturated rings. The fourth-order valence-electron chi connectivity index (χ4n) is 1.90.